The van der Waals surface area contributed by atoms with Gasteiger partial charge in [0, 0.05) is 15.2 Å². The molecule has 0 fully saturated rings. The molecule has 1 aromatic heterocycles. The molecule has 3 rings (SSSR count). The van der Waals surface area contributed by atoms with E-state index in [9.17, 15) is 4.79 Å². The fourth-order valence-electron chi connectivity index (χ4n) is 1.95. The summed E-state index contributed by atoms with van der Waals surface area (Å²) in [5, 5.41) is 4.05. The van der Waals surface area contributed by atoms with E-state index in [4.69, 9.17) is 28.9 Å². The van der Waals surface area contributed by atoms with E-state index in [0.717, 1.165) is 14.7 Å². The first kappa shape index (κ1) is 15.6. The number of fused-ring (bicyclic) bond motifs is 1. The Morgan fingerprint density at radius 3 is 2.77 bits per heavy atom. The Kier molecular flexibility index (Phi) is 4.27. The lowest BCUT2D eigenvalue weighted by Crippen LogP contribution is -2.12. The first-order valence-electron chi connectivity index (χ1n) is 6.06. The maximum atomic E-state index is 12.3. The van der Waals surface area contributed by atoms with Gasteiger partial charge in [0.15, 0.2) is 5.13 Å². The highest BCUT2D eigenvalue weighted by Crippen LogP contribution is 2.33. The van der Waals surface area contributed by atoms with Gasteiger partial charge in [-0.1, -0.05) is 34.5 Å². The van der Waals surface area contributed by atoms with E-state index in [1.807, 2.05) is 6.07 Å². The maximum Gasteiger partial charge on any atom is 0.257 e. The Hall–Kier alpha value is -1.34. The van der Waals surface area contributed by atoms with Crippen LogP contribution in [0.2, 0.25) is 10.0 Å². The Morgan fingerprint density at radius 2 is 2.05 bits per heavy atom. The van der Waals surface area contributed by atoms with Crippen LogP contribution in [-0.2, 0) is 0 Å². The number of aromatic nitrogens is 1. The molecule has 0 saturated carbocycles. The van der Waals surface area contributed by atoms with Gasteiger partial charge >= 0.3 is 0 Å². The van der Waals surface area contributed by atoms with Crippen molar-refractivity contribution >= 4 is 77.4 Å². The van der Waals surface area contributed by atoms with E-state index in [2.05, 4.69) is 26.2 Å². The number of hydrogen-bond donors (Lipinski definition) is 2. The number of halogens is 3. The van der Waals surface area contributed by atoms with Crippen LogP contribution < -0.4 is 11.1 Å². The molecule has 3 aromatic rings. The Labute approximate surface area is 148 Å². The monoisotopic (exact) mass is 415 g/mol. The van der Waals surface area contributed by atoms with Crippen molar-refractivity contribution in [1.29, 1.82) is 0 Å². The average molecular weight is 417 g/mol. The summed E-state index contributed by atoms with van der Waals surface area (Å²) in [6.07, 6.45) is 0. The van der Waals surface area contributed by atoms with E-state index in [-0.39, 0.29) is 5.91 Å². The van der Waals surface area contributed by atoms with Crippen molar-refractivity contribution in [2.24, 2.45) is 0 Å². The van der Waals surface area contributed by atoms with Gasteiger partial charge in [0.25, 0.3) is 5.91 Å². The number of nitrogens with two attached hydrogens (primary N) is 1. The van der Waals surface area contributed by atoms with E-state index in [0.29, 0.717) is 26.4 Å². The van der Waals surface area contributed by atoms with Gasteiger partial charge in [-0.3, -0.25) is 4.79 Å². The summed E-state index contributed by atoms with van der Waals surface area (Å²) in [7, 11) is 0. The molecule has 8 heteroatoms. The van der Waals surface area contributed by atoms with Crippen molar-refractivity contribution in [3.05, 3.63) is 50.4 Å². The predicted molar refractivity (Wildman–Crippen MR) is 96.1 cm³/mol. The minimum absolute atomic E-state index is 0.298. The molecule has 22 heavy (non-hydrogen) atoms. The number of nitrogen functional groups attached to an aromatic ring is 1. The highest BCUT2D eigenvalue weighted by molar-refractivity contribution is 9.10. The predicted octanol–water partition coefficient (Wildman–Crippen LogP) is 5.20. The maximum absolute atomic E-state index is 12.3. The summed E-state index contributed by atoms with van der Waals surface area (Å²) in [4.78, 5) is 16.5. The van der Waals surface area contributed by atoms with Crippen LogP contribution in [0.1, 0.15) is 10.4 Å². The average Bonchev–Trinajstić information content (AvgIpc) is 2.79. The first-order chi connectivity index (χ1) is 10.4. The Bertz CT molecular complexity index is 897. The van der Waals surface area contributed by atoms with Crippen LogP contribution in [0.5, 0.6) is 0 Å². The quantitative estimate of drug-likeness (QED) is 0.603. The number of amides is 1. The zero-order chi connectivity index (χ0) is 15.9. The Morgan fingerprint density at radius 1 is 1.27 bits per heavy atom. The van der Waals surface area contributed by atoms with Gasteiger partial charge in [0.2, 0.25) is 0 Å². The number of nitrogens with one attached hydrogen (secondary N) is 1. The van der Waals surface area contributed by atoms with Crippen molar-refractivity contribution in [1.82, 2.24) is 4.98 Å². The first-order valence-corrected chi connectivity index (χ1v) is 8.42. The van der Waals surface area contributed by atoms with Gasteiger partial charge in [-0.05, 0) is 46.3 Å². The van der Waals surface area contributed by atoms with E-state index < -0.39 is 0 Å². The molecule has 3 N–H and O–H groups in total. The second-order valence-electron chi connectivity index (χ2n) is 4.44. The largest absolute Gasteiger partial charge is 0.375 e. The summed E-state index contributed by atoms with van der Waals surface area (Å²) < 4.78 is 1.64. The van der Waals surface area contributed by atoms with Crippen LogP contribution in [0, 0.1) is 0 Å². The molecule has 0 unspecified atom stereocenters. The third kappa shape index (κ3) is 3.05. The molecule has 0 atom stereocenters. The molecule has 1 amide bonds. The standard InChI is InChI=1S/C14H8BrCl2N3OS/c15-9-4-7(5-11-12(9)20-14(18)22-11)19-13(21)8-2-1-6(16)3-10(8)17/h1-5H,(H2,18,20)(H,19,21). The molecule has 2 aromatic carbocycles. The van der Waals surface area contributed by atoms with Crippen LogP contribution in [0.15, 0.2) is 34.8 Å². The second kappa shape index (κ2) is 6.04. The molecule has 0 aliphatic carbocycles. The van der Waals surface area contributed by atoms with E-state index >= 15 is 0 Å². The van der Waals surface area contributed by atoms with Gasteiger partial charge in [-0.25, -0.2) is 4.98 Å². The van der Waals surface area contributed by atoms with Gasteiger partial charge in [-0.2, -0.15) is 0 Å². The van der Waals surface area contributed by atoms with E-state index in [1.54, 1.807) is 18.2 Å². The number of benzene rings is 2. The number of rotatable bonds is 2. The van der Waals surface area contributed by atoms with Crippen LogP contribution in [-0.4, -0.2) is 10.9 Å². The van der Waals surface area contributed by atoms with Crippen molar-refractivity contribution in [3.8, 4) is 0 Å². The van der Waals surface area contributed by atoms with Crippen molar-refractivity contribution in [3.63, 3.8) is 0 Å². The smallest absolute Gasteiger partial charge is 0.257 e. The molecule has 0 saturated heterocycles. The van der Waals surface area contributed by atoms with Crippen LogP contribution in [0.3, 0.4) is 0 Å². The molecule has 112 valence electrons. The van der Waals surface area contributed by atoms with Gasteiger partial charge in [0.1, 0.15) is 0 Å². The number of carbonyl (C=O) groups is 1. The molecule has 0 radical (unpaired) electrons. The molecule has 1 heterocycles. The van der Waals surface area contributed by atoms with Gasteiger partial charge in [0.05, 0.1) is 20.8 Å². The number of hydrogen-bond acceptors (Lipinski definition) is 4. The zero-order valence-corrected chi connectivity index (χ0v) is 14.8. The SMILES string of the molecule is Nc1nc2c(Br)cc(NC(=O)c3ccc(Cl)cc3Cl)cc2s1. The molecular weight excluding hydrogens is 409 g/mol. The lowest BCUT2D eigenvalue weighted by atomic mass is 10.2. The third-order valence-electron chi connectivity index (χ3n) is 2.90. The van der Waals surface area contributed by atoms with Crippen LogP contribution in [0.25, 0.3) is 10.2 Å². The number of anilines is 2. The summed E-state index contributed by atoms with van der Waals surface area (Å²) in [5.74, 6) is -0.314. The summed E-state index contributed by atoms with van der Waals surface area (Å²) >= 11 is 16.6. The van der Waals surface area contributed by atoms with Crippen molar-refractivity contribution in [2.75, 3.05) is 11.1 Å². The van der Waals surface area contributed by atoms with Crippen molar-refractivity contribution in [2.45, 2.75) is 0 Å². The molecule has 0 spiro atoms. The van der Waals surface area contributed by atoms with Gasteiger partial charge in [-0.15, -0.1) is 0 Å². The molecular formula is C14H8BrCl2N3OS. The zero-order valence-electron chi connectivity index (χ0n) is 10.9. The van der Waals surface area contributed by atoms with E-state index in [1.165, 1.54) is 17.4 Å². The topological polar surface area (TPSA) is 68.0 Å². The highest BCUT2D eigenvalue weighted by atomic mass is 79.9. The summed E-state index contributed by atoms with van der Waals surface area (Å²) in [6, 6.07) is 8.31. The number of nitrogens with zero attached hydrogens (tertiary/aromatic N) is 1. The fraction of sp³-hybridized carbons (Fsp3) is 0. The minimum Gasteiger partial charge on any atom is -0.375 e. The lowest BCUT2D eigenvalue weighted by molar-refractivity contribution is 0.102. The van der Waals surface area contributed by atoms with Crippen molar-refractivity contribution < 1.29 is 4.79 Å². The molecule has 0 bridgehead atoms. The fourth-order valence-corrected chi connectivity index (χ4v) is 3.92. The minimum atomic E-state index is -0.314. The summed E-state index contributed by atoms with van der Waals surface area (Å²) in [6.45, 7) is 0. The Balaban J connectivity index is 1.93. The molecule has 0 aliphatic heterocycles. The number of thiazole rings is 1. The molecule has 0 aliphatic rings. The lowest BCUT2D eigenvalue weighted by Gasteiger charge is -2.08. The second-order valence-corrected chi connectivity index (χ2v) is 7.20. The third-order valence-corrected chi connectivity index (χ3v) is 4.88. The number of carbonyl (C=O) groups excluding carboxylic acids is 1. The van der Waals surface area contributed by atoms with Gasteiger partial charge < -0.3 is 11.1 Å². The summed E-state index contributed by atoms with van der Waals surface area (Å²) in [5.41, 5.74) is 7.45. The van der Waals surface area contributed by atoms with Crippen LogP contribution in [0.4, 0.5) is 10.8 Å². The van der Waals surface area contributed by atoms with Crippen LogP contribution >= 0.6 is 50.5 Å². The normalized spacial score (nSPS) is 10.9. The highest BCUT2D eigenvalue weighted by Gasteiger charge is 2.13. The molecule has 4 nitrogen and oxygen atoms in total.